The summed E-state index contributed by atoms with van der Waals surface area (Å²) in [5, 5.41) is 0. The highest BCUT2D eigenvalue weighted by molar-refractivity contribution is 5.32. The second kappa shape index (κ2) is 6.00. The second-order valence-corrected chi connectivity index (χ2v) is 5.42. The van der Waals surface area contributed by atoms with Crippen LogP contribution in [0.3, 0.4) is 0 Å². The van der Waals surface area contributed by atoms with Crippen molar-refractivity contribution in [2.45, 2.75) is 25.6 Å². The quantitative estimate of drug-likeness (QED) is 0.907. The normalized spacial score (nSPS) is 20.5. The fourth-order valence-electron chi connectivity index (χ4n) is 2.36. The minimum absolute atomic E-state index is 0.0214. The molecule has 1 atom stereocenters. The van der Waals surface area contributed by atoms with Gasteiger partial charge in [0.25, 0.3) is 0 Å². The Morgan fingerprint density at radius 1 is 1.29 bits per heavy atom. The van der Waals surface area contributed by atoms with Crippen LogP contribution in [0, 0.1) is 5.92 Å². The highest BCUT2D eigenvalue weighted by Gasteiger charge is 2.41. The van der Waals surface area contributed by atoms with Crippen LogP contribution in [0.5, 0.6) is 0 Å². The first-order chi connectivity index (χ1) is 9.75. The number of halogens is 3. The Balaban J connectivity index is 2.07. The molecule has 0 saturated carbocycles. The summed E-state index contributed by atoms with van der Waals surface area (Å²) in [4.78, 5) is 15.6. The van der Waals surface area contributed by atoms with Crippen LogP contribution in [-0.2, 0) is 6.54 Å². The van der Waals surface area contributed by atoms with Crippen molar-refractivity contribution in [1.29, 1.82) is 0 Å². The van der Waals surface area contributed by atoms with Crippen molar-refractivity contribution >= 4 is 11.9 Å². The third-order valence-electron chi connectivity index (χ3n) is 3.42. The number of hydrogen-bond donors (Lipinski definition) is 1. The number of likely N-dealkylation sites (tertiary alicyclic amines) is 1. The number of nitrogens with zero attached hydrogens (tertiary/aromatic N) is 5. The van der Waals surface area contributed by atoms with Crippen LogP contribution >= 0.6 is 0 Å². The summed E-state index contributed by atoms with van der Waals surface area (Å²) in [7, 11) is 3.53. The van der Waals surface area contributed by atoms with Gasteiger partial charge in [-0.1, -0.05) is 0 Å². The zero-order valence-corrected chi connectivity index (χ0v) is 12.1. The summed E-state index contributed by atoms with van der Waals surface area (Å²) in [6.45, 7) is 0.835. The molecular weight excluding hydrogens is 285 g/mol. The fraction of sp³-hybridized carbons (Fsp3) is 0.750. The Morgan fingerprint density at radius 3 is 2.62 bits per heavy atom. The van der Waals surface area contributed by atoms with Crippen molar-refractivity contribution < 1.29 is 13.2 Å². The second-order valence-electron chi connectivity index (χ2n) is 5.42. The van der Waals surface area contributed by atoms with Gasteiger partial charge in [-0.05, 0) is 19.4 Å². The van der Waals surface area contributed by atoms with Gasteiger partial charge in [0.2, 0.25) is 11.9 Å². The molecule has 0 radical (unpaired) electrons. The average Bonchev–Trinajstić information content (AvgIpc) is 2.37. The number of alkyl halides is 3. The first-order valence-corrected chi connectivity index (χ1v) is 6.72. The molecule has 1 aliphatic rings. The molecule has 2 N–H and O–H groups in total. The lowest BCUT2D eigenvalue weighted by molar-refractivity contribution is -0.187. The lowest BCUT2D eigenvalue weighted by Gasteiger charge is -2.33. The van der Waals surface area contributed by atoms with Gasteiger partial charge in [-0.15, -0.1) is 0 Å². The van der Waals surface area contributed by atoms with Crippen molar-refractivity contribution in [2.75, 3.05) is 37.8 Å². The monoisotopic (exact) mass is 304 g/mol. The van der Waals surface area contributed by atoms with Crippen LogP contribution in [0.1, 0.15) is 18.7 Å². The number of nitrogens with two attached hydrogens (primary N) is 1. The smallest absolute Gasteiger partial charge is 0.368 e. The number of aromatic nitrogens is 3. The summed E-state index contributed by atoms with van der Waals surface area (Å²) < 4.78 is 38.4. The van der Waals surface area contributed by atoms with Crippen molar-refractivity contribution in [1.82, 2.24) is 19.9 Å². The van der Waals surface area contributed by atoms with E-state index in [0.717, 1.165) is 0 Å². The summed E-state index contributed by atoms with van der Waals surface area (Å²) in [6, 6.07) is 0. The zero-order chi connectivity index (χ0) is 15.6. The van der Waals surface area contributed by atoms with Gasteiger partial charge in [-0.25, -0.2) is 0 Å². The molecule has 1 aromatic heterocycles. The van der Waals surface area contributed by atoms with Gasteiger partial charge < -0.3 is 10.6 Å². The highest BCUT2D eigenvalue weighted by atomic mass is 19.4. The first-order valence-electron chi connectivity index (χ1n) is 6.72. The van der Waals surface area contributed by atoms with Crippen molar-refractivity contribution in [3.05, 3.63) is 5.82 Å². The topological polar surface area (TPSA) is 71.2 Å². The van der Waals surface area contributed by atoms with E-state index >= 15 is 0 Å². The van der Waals surface area contributed by atoms with Gasteiger partial charge in [-0.3, -0.25) is 4.90 Å². The number of nitrogen functional groups attached to an aromatic ring is 1. The molecule has 9 heteroatoms. The maximum Gasteiger partial charge on any atom is 0.393 e. The molecule has 21 heavy (non-hydrogen) atoms. The SMILES string of the molecule is CN(C)c1nc(N)nc(CN2CCC[C@H](C(F)(F)F)C2)n1. The minimum Gasteiger partial charge on any atom is -0.368 e. The Bertz CT molecular complexity index is 490. The van der Waals surface area contributed by atoms with Crippen molar-refractivity contribution in [3.8, 4) is 0 Å². The largest absolute Gasteiger partial charge is 0.393 e. The van der Waals surface area contributed by atoms with E-state index in [2.05, 4.69) is 15.0 Å². The van der Waals surface area contributed by atoms with Crippen LogP contribution in [0.25, 0.3) is 0 Å². The molecule has 2 rings (SSSR count). The van der Waals surface area contributed by atoms with Crippen LogP contribution < -0.4 is 10.6 Å². The van der Waals surface area contributed by atoms with Crippen LogP contribution in [-0.4, -0.2) is 53.2 Å². The molecule has 0 spiro atoms. The molecule has 1 aliphatic heterocycles. The summed E-state index contributed by atoms with van der Waals surface area (Å²) in [5.74, 6) is -0.400. The van der Waals surface area contributed by atoms with E-state index in [0.29, 0.717) is 24.7 Å². The molecule has 0 bridgehead atoms. The molecule has 1 aromatic rings. The highest BCUT2D eigenvalue weighted by Crippen LogP contribution is 2.33. The standard InChI is InChI=1S/C12H19F3N6/c1-20(2)11-18-9(17-10(16)19-11)7-21-5-3-4-8(6-21)12(13,14)15/h8H,3-7H2,1-2H3,(H2,16,17,18,19)/t8-/m0/s1. The van der Waals surface area contributed by atoms with Gasteiger partial charge in [-0.2, -0.15) is 28.1 Å². The molecule has 2 heterocycles. The minimum atomic E-state index is -4.15. The third-order valence-corrected chi connectivity index (χ3v) is 3.42. The number of rotatable bonds is 3. The van der Waals surface area contributed by atoms with Crippen molar-refractivity contribution in [2.24, 2.45) is 5.92 Å². The molecule has 6 nitrogen and oxygen atoms in total. The predicted molar refractivity (Wildman–Crippen MR) is 72.6 cm³/mol. The Hall–Kier alpha value is -1.64. The molecular formula is C12H19F3N6. The van der Waals surface area contributed by atoms with Gasteiger partial charge in [0.05, 0.1) is 12.5 Å². The first kappa shape index (κ1) is 15.7. The predicted octanol–water partition coefficient (Wildman–Crippen LogP) is 1.29. The molecule has 0 aliphatic carbocycles. The lowest BCUT2D eigenvalue weighted by atomic mass is 9.97. The van der Waals surface area contributed by atoms with Crippen LogP contribution in [0.15, 0.2) is 0 Å². The average molecular weight is 304 g/mol. The molecule has 1 saturated heterocycles. The van der Waals surface area contributed by atoms with Crippen LogP contribution in [0.2, 0.25) is 0 Å². The molecule has 0 aromatic carbocycles. The maximum absolute atomic E-state index is 12.8. The molecule has 118 valence electrons. The Morgan fingerprint density at radius 2 is 2.00 bits per heavy atom. The van der Waals surface area contributed by atoms with E-state index < -0.39 is 12.1 Å². The number of piperidine rings is 1. The van der Waals surface area contributed by atoms with E-state index in [4.69, 9.17) is 5.73 Å². The van der Waals surface area contributed by atoms with E-state index in [1.165, 1.54) is 0 Å². The van der Waals surface area contributed by atoms with E-state index in [1.807, 2.05) is 0 Å². The summed E-state index contributed by atoms with van der Waals surface area (Å²) in [5.41, 5.74) is 5.61. The Labute approximate surface area is 121 Å². The number of anilines is 2. The maximum atomic E-state index is 12.8. The molecule has 1 fully saturated rings. The fourth-order valence-corrected chi connectivity index (χ4v) is 2.36. The van der Waals surface area contributed by atoms with E-state index in [-0.39, 0.29) is 25.5 Å². The van der Waals surface area contributed by atoms with E-state index in [1.54, 1.807) is 23.9 Å². The summed E-state index contributed by atoms with van der Waals surface area (Å²) in [6.07, 6.45) is -3.45. The lowest BCUT2D eigenvalue weighted by Crippen LogP contribution is -2.41. The summed E-state index contributed by atoms with van der Waals surface area (Å²) >= 11 is 0. The van der Waals surface area contributed by atoms with Gasteiger partial charge >= 0.3 is 6.18 Å². The van der Waals surface area contributed by atoms with Crippen molar-refractivity contribution in [3.63, 3.8) is 0 Å². The molecule has 0 amide bonds. The number of hydrogen-bond acceptors (Lipinski definition) is 6. The van der Waals surface area contributed by atoms with Gasteiger partial charge in [0.1, 0.15) is 5.82 Å². The Kier molecular flexibility index (Phi) is 4.50. The third kappa shape index (κ3) is 4.16. The van der Waals surface area contributed by atoms with E-state index in [9.17, 15) is 13.2 Å². The molecule has 0 unspecified atom stereocenters. The van der Waals surface area contributed by atoms with Crippen LogP contribution in [0.4, 0.5) is 25.1 Å². The van der Waals surface area contributed by atoms with Gasteiger partial charge in [0.15, 0.2) is 0 Å². The zero-order valence-electron chi connectivity index (χ0n) is 12.1. The van der Waals surface area contributed by atoms with Gasteiger partial charge in [0, 0.05) is 20.6 Å².